The molecule has 2 aromatic carbocycles. The molecule has 2 saturated heterocycles. The summed E-state index contributed by atoms with van der Waals surface area (Å²) in [6, 6.07) is 12.3. The van der Waals surface area contributed by atoms with E-state index in [-0.39, 0.29) is 35.7 Å². The molecule has 4 amide bonds. The normalized spacial score (nSPS) is 20.3. The number of likely N-dealkylation sites (N-methyl/N-ethyl adjacent to an activating group) is 1. The summed E-state index contributed by atoms with van der Waals surface area (Å²) in [7, 11) is 3.54. The number of anilines is 1. The molecule has 2 fully saturated rings. The standard InChI is InChI=1S/C28H33Cl3N4O3/c1-18(36)34-13-10-19(11-14-34)27(37)35-15-12-26(23(17-35)20-4-9-24(30)25(31)16-20)33(3)28(38)32(2)22-7-5-21(29)6-8-22/h4-9,16,19,23,26H,10-15,17H2,1-3H3. The molecule has 10 heteroatoms. The number of halogens is 3. The monoisotopic (exact) mass is 578 g/mol. The largest absolute Gasteiger partial charge is 0.343 e. The highest BCUT2D eigenvalue weighted by atomic mass is 35.5. The van der Waals surface area contributed by atoms with Gasteiger partial charge in [0.2, 0.25) is 11.8 Å². The Morgan fingerprint density at radius 3 is 2.08 bits per heavy atom. The first-order valence-corrected chi connectivity index (χ1v) is 14.0. The summed E-state index contributed by atoms with van der Waals surface area (Å²) >= 11 is 18.6. The highest BCUT2D eigenvalue weighted by Gasteiger charge is 2.39. The number of piperidine rings is 2. The number of amides is 4. The van der Waals surface area contributed by atoms with Gasteiger partial charge in [0.1, 0.15) is 0 Å². The van der Waals surface area contributed by atoms with E-state index < -0.39 is 0 Å². The molecule has 2 aliphatic rings. The van der Waals surface area contributed by atoms with Crippen LogP contribution in [0.4, 0.5) is 10.5 Å². The van der Waals surface area contributed by atoms with Gasteiger partial charge in [0.05, 0.1) is 10.0 Å². The Morgan fingerprint density at radius 2 is 1.47 bits per heavy atom. The van der Waals surface area contributed by atoms with E-state index in [0.29, 0.717) is 60.5 Å². The first-order valence-electron chi connectivity index (χ1n) is 12.8. The lowest BCUT2D eigenvalue weighted by molar-refractivity contribution is -0.141. The summed E-state index contributed by atoms with van der Waals surface area (Å²) in [5, 5.41) is 1.50. The maximum Gasteiger partial charge on any atom is 0.324 e. The van der Waals surface area contributed by atoms with Crippen LogP contribution in [-0.2, 0) is 9.59 Å². The van der Waals surface area contributed by atoms with Crippen molar-refractivity contribution < 1.29 is 14.4 Å². The Hall–Kier alpha value is -2.48. The Balaban J connectivity index is 1.54. The van der Waals surface area contributed by atoms with Gasteiger partial charge in [-0.15, -0.1) is 0 Å². The molecule has 2 atom stereocenters. The van der Waals surface area contributed by atoms with Crippen LogP contribution in [0.3, 0.4) is 0 Å². The van der Waals surface area contributed by atoms with Crippen LogP contribution in [0.5, 0.6) is 0 Å². The third-order valence-corrected chi connectivity index (χ3v) is 8.84. The van der Waals surface area contributed by atoms with E-state index in [1.807, 2.05) is 29.2 Å². The number of carbonyl (C=O) groups excluding carboxylic acids is 3. The van der Waals surface area contributed by atoms with Crippen molar-refractivity contribution >= 4 is 58.3 Å². The van der Waals surface area contributed by atoms with E-state index in [9.17, 15) is 14.4 Å². The molecule has 2 unspecified atom stereocenters. The zero-order chi connectivity index (χ0) is 27.6. The van der Waals surface area contributed by atoms with Crippen LogP contribution < -0.4 is 4.90 Å². The molecule has 0 radical (unpaired) electrons. The number of carbonyl (C=O) groups is 3. The Labute approximate surface area is 239 Å². The van der Waals surface area contributed by atoms with E-state index >= 15 is 0 Å². The minimum absolute atomic E-state index is 0.0488. The summed E-state index contributed by atoms with van der Waals surface area (Å²) in [4.78, 5) is 45.8. The Bertz CT molecular complexity index is 1180. The van der Waals surface area contributed by atoms with Crippen molar-refractivity contribution in [3.63, 3.8) is 0 Å². The van der Waals surface area contributed by atoms with E-state index in [1.54, 1.807) is 53.9 Å². The SMILES string of the molecule is CC(=O)N1CCC(C(=O)N2CCC(N(C)C(=O)N(C)c3ccc(Cl)cc3)C(c3ccc(Cl)c(Cl)c3)C2)CC1. The van der Waals surface area contributed by atoms with Crippen LogP contribution in [0.15, 0.2) is 42.5 Å². The van der Waals surface area contributed by atoms with E-state index in [4.69, 9.17) is 34.8 Å². The first-order chi connectivity index (χ1) is 18.1. The second kappa shape index (κ2) is 12.1. The zero-order valence-electron chi connectivity index (χ0n) is 21.9. The van der Waals surface area contributed by atoms with Gasteiger partial charge in [-0.25, -0.2) is 4.79 Å². The summed E-state index contributed by atoms with van der Waals surface area (Å²) in [5.74, 6) is -0.0870. The fourth-order valence-electron chi connectivity index (χ4n) is 5.53. The molecule has 204 valence electrons. The summed E-state index contributed by atoms with van der Waals surface area (Å²) in [5.41, 5.74) is 1.67. The number of hydrogen-bond acceptors (Lipinski definition) is 3. The fourth-order valence-corrected chi connectivity index (χ4v) is 5.96. The topological polar surface area (TPSA) is 64.2 Å². The van der Waals surface area contributed by atoms with E-state index in [0.717, 1.165) is 11.3 Å². The number of urea groups is 1. The van der Waals surface area contributed by atoms with Gasteiger partial charge in [-0.1, -0.05) is 40.9 Å². The van der Waals surface area contributed by atoms with Gasteiger partial charge in [-0.2, -0.15) is 0 Å². The number of hydrogen-bond donors (Lipinski definition) is 0. The highest BCUT2D eigenvalue weighted by molar-refractivity contribution is 6.42. The minimum Gasteiger partial charge on any atom is -0.343 e. The molecule has 0 aliphatic carbocycles. The van der Waals surface area contributed by atoms with Gasteiger partial charge in [0, 0.05) is 75.8 Å². The first kappa shape index (κ1) is 28.5. The van der Waals surface area contributed by atoms with Crippen LogP contribution in [0.1, 0.15) is 37.7 Å². The van der Waals surface area contributed by atoms with Gasteiger partial charge in [0.25, 0.3) is 0 Å². The lowest BCUT2D eigenvalue weighted by Crippen LogP contribution is -2.55. The molecule has 2 heterocycles. The quantitative estimate of drug-likeness (QED) is 0.461. The van der Waals surface area contributed by atoms with Crippen LogP contribution in [0.2, 0.25) is 15.1 Å². The predicted octanol–water partition coefficient (Wildman–Crippen LogP) is 5.78. The smallest absolute Gasteiger partial charge is 0.324 e. The fraction of sp³-hybridized carbons (Fsp3) is 0.464. The van der Waals surface area contributed by atoms with Gasteiger partial charge in [-0.05, 0) is 61.2 Å². The third-order valence-electron chi connectivity index (χ3n) is 7.85. The molecule has 0 saturated carbocycles. The van der Waals surface area contributed by atoms with E-state index in [2.05, 4.69) is 0 Å². The summed E-state index contributed by atoms with van der Waals surface area (Å²) < 4.78 is 0. The summed E-state index contributed by atoms with van der Waals surface area (Å²) in [6.07, 6.45) is 1.96. The third kappa shape index (κ3) is 6.22. The summed E-state index contributed by atoms with van der Waals surface area (Å²) in [6.45, 7) is 3.80. The molecular formula is C28H33Cl3N4O3. The van der Waals surface area contributed by atoms with Crippen molar-refractivity contribution in [2.45, 2.75) is 38.1 Å². The van der Waals surface area contributed by atoms with Gasteiger partial charge in [0.15, 0.2) is 0 Å². The van der Waals surface area contributed by atoms with Gasteiger partial charge in [-0.3, -0.25) is 14.5 Å². The number of rotatable bonds is 4. The number of likely N-dealkylation sites (tertiary alicyclic amines) is 2. The van der Waals surface area contributed by atoms with Crippen LogP contribution in [0, 0.1) is 5.92 Å². The van der Waals surface area contributed by atoms with Crippen molar-refractivity contribution in [3.8, 4) is 0 Å². The van der Waals surface area contributed by atoms with Crippen LogP contribution in [0.25, 0.3) is 0 Å². The maximum absolute atomic E-state index is 13.5. The molecule has 38 heavy (non-hydrogen) atoms. The Kier molecular flexibility index (Phi) is 9.11. The van der Waals surface area contributed by atoms with Crippen LogP contribution >= 0.6 is 34.8 Å². The van der Waals surface area contributed by atoms with Crippen molar-refractivity contribution in [1.82, 2.24) is 14.7 Å². The van der Waals surface area contributed by atoms with Crippen molar-refractivity contribution in [2.75, 3.05) is 45.2 Å². The van der Waals surface area contributed by atoms with Gasteiger partial charge < -0.3 is 14.7 Å². The molecule has 2 aliphatic heterocycles. The minimum atomic E-state index is -0.155. The Morgan fingerprint density at radius 1 is 0.842 bits per heavy atom. The highest BCUT2D eigenvalue weighted by Crippen LogP contribution is 2.36. The number of benzene rings is 2. The van der Waals surface area contributed by atoms with Crippen LogP contribution in [-0.4, -0.2) is 78.9 Å². The number of nitrogens with zero attached hydrogens (tertiary/aromatic N) is 4. The molecule has 7 nitrogen and oxygen atoms in total. The average Bonchev–Trinajstić information content (AvgIpc) is 2.93. The average molecular weight is 580 g/mol. The lowest BCUT2D eigenvalue weighted by atomic mass is 9.84. The van der Waals surface area contributed by atoms with Crippen molar-refractivity contribution in [2.24, 2.45) is 5.92 Å². The zero-order valence-corrected chi connectivity index (χ0v) is 24.1. The second-order valence-electron chi connectivity index (χ2n) is 10.1. The second-order valence-corrected chi connectivity index (χ2v) is 11.4. The van der Waals surface area contributed by atoms with Crippen molar-refractivity contribution in [1.29, 1.82) is 0 Å². The molecule has 0 aromatic heterocycles. The molecule has 0 spiro atoms. The lowest BCUT2D eigenvalue weighted by Gasteiger charge is -2.45. The van der Waals surface area contributed by atoms with E-state index in [1.165, 1.54) is 0 Å². The van der Waals surface area contributed by atoms with Gasteiger partial charge >= 0.3 is 6.03 Å². The van der Waals surface area contributed by atoms with Crippen molar-refractivity contribution in [3.05, 3.63) is 63.1 Å². The molecule has 0 bridgehead atoms. The molecule has 2 aromatic rings. The maximum atomic E-state index is 13.5. The molecular weight excluding hydrogens is 547 g/mol. The predicted molar refractivity (Wildman–Crippen MR) is 152 cm³/mol. The molecule has 4 rings (SSSR count). The molecule has 0 N–H and O–H groups in total.